The number of carbonyl (C=O) groups excluding carboxylic acids is 2. The van der Waals surface area contributed by atoms with Gasteiger partial charge in [-0.2, -0.15) is 0 Å². The minimum absolute atomic E-state index is 0.182. The van der Waals surface area contributed by atoms with Crippen molar-refractivity contribution in [2.45, 2.75) is 26.2 Å². The molecule has 1 N–H and O–H groups in total. The fourth-order valence-corrected chi connectivity index (χ4v) is 2.05. The van der Waals surface area contributed by atoms with E-state index in [1.165, 1.54) is 0 Å². The molecule has 1 saturated carbocycles. The molecule has 0 aliphatic heterocycles. The molecule has 4 heteroatoms. The molecule has 2 rings (SSSR count). The Kier molecular flexibility index (Phi) is 4.34. The van der Waals surface area contributed by atoms with Crippen molar-refractivity contribution in [2.75, 3.05) is 11.9 Å². The molecule has 19 heavy (non-hydrogen) atoms. The van der Waals surface area contributed by atoms with Crippen LogP contribution < -0.4 is 5.32 Å². The van der Waals surface area contributed by atoms with E-state index < -0.39 is 0 Å². The Balaban J connectivity index is 2.16. The van der Waals surface area contributed by atoms with Crippen molar-refractivity contribution in [1.82, 2.24) is 0 Å². The van der Waals surface area contributed by atoms with Gasteiger partial charge in [0.05, 0.1) is 17.9 Å². The lowest BCUT2D eigenvalue weighted by molar-refractivity contribution is -0.114. The Morgan fingerprint density at radius 2 is 2.16 bits per heavy atom. The van der Waals surface area contributed by atoms with Crippen LogP contribution in [0.25, 0.3) is 0 Å². The van der Waals surface area contributed by atoms with Crippen molar-refractivity contribution < 1.29 is 14.3 Å². The van der Waals surface area contributed by atoms with Crippen molar-refractivity contribution in [1.29, 1.82) is 0 Å². The molecule has 0 saturated heterocycles. The van der Waals surface area contributed by atoms with Crippen LogP contribution in [-0.2, 0) is 9.53 Å². The zero-order valence-electron chi connectivity index (χ0n) is 10.9. The van der Waals surface area contributed by atoms with Crippen LogP contribution in [0, 0.1) is 0 Å². The zero-order valence-corrected chi connectivity index (χ0v) is 10.9. The standard InChI is InChI=1S/C15H17NO3/c1-2-19-15(18)12-7-3-4-8-13(12)16-10-11-6-5-9-14(11)17/h3-4,7-8,10,16H,2,5-6,9H2,1H3/b11-10-. The van der Waals surface area contributed by atoms with Gasteiger partial charge in [0.2, 0.25) is 0 Å². The molecule has 4 nitrogen and oxygen atoms in total. The van der Waals surface area contributed by atoms with Crippen molar-refractivity contribution in [3.05, 3.63) is 41.6 Å². The predicted octanol–water partition coefficient (Wildman–Crippen LogP) is 2.91. The minimum atomic E-state index is -0.359. The minimum Gasteiger partial charge on any atom is -0.462 e. The van der Waals surface area contributed by atoms with Crippen LogP contribution in [0.1, 0.15) is 36.5 Å². The van der Waals surface area contributed by atoms with Gasteiger partial charge in [-0.25, -0.2) is 4.79 Å². The van der Waals surface area contributed by atoms with Crippen LogP contribution in [0.4, 0.5) is 5.69 Å². The molecular weight excluding hydrogens is 242 g/mol. The van der Waals surface area contributed by atoms with Crippen LogP contribution in [0.5, 0.6) is 0 Å². The Morgan fingerprint density at radius 1 is 1.37 bits per heavy atom. The van der Waals surface area contributed by atoms with Crippen LogP contribution >= 0.6 is 0 Å². The molecule has 0 atom stereocenters. The van der Waals surface area contributed by atoms with E-state index in [4.69, 9.17) is 4.74 Å². The van der Waals surface area contributed by atoms with E-state index in [0.717, 1.165) is 18.4 Å². The summed E-state index contributed by atoms with van der Waals surface area (Å²) in [7, 11) is 0. The number of rotatable bonds is 4. The lowest BCUT2D eigenvalue weighted by Gasteiger charge is -2.08. The molecule has 0 bridgehead atoms. The molecule has 1 fully saturated rings. The summed E-state index contributed by atoms with van der Waals surface area (Å²) in [5.74, 6) is -0.178. The van der Waals surface area contributed by atoms with Gasteiger partial charge in [-0.1, -0.05) is 12.1 Å². The third-order valence-electron chi connectivity index (χ3n) is 3.03. The van der Waals surface area contributed by atoms with Crippen molar-refractivity contribution in [2.24, 2.45) is 0 Å². The zero-order chi connectivity index (χ0) is 13.7. The molecular formula is C15H17NO3. The Labute approximate surface area is 112 Å². The van der Waals surface area contributed by atoms with Crippen LogP contribution in [-0.4, -0.2) is 18.4 Å². The maximum Gasteiger partial charge on any atom is 0.340 e. The first-order valence-corrected chi connectivity index (χ1v) is 6.47. The molecule has 0 aromatic heterocycles. The van der Waals surface area contributed by atoms with E-state index >= 15 is 0 Å². The van der Waals surface area contributed by atoms with Crippen LogP contribution in [0.3, 0.4) is 0 Å². The average Bonchev–Trinajstić information content (AvgIpc) is 2.82. The maximum atomic E-state index is 11.8. The number of anilines is 1. The summed E-state index contributed by atoms with van der Waals surface area (Å²) in [6, 6.07) is 7.11. The number of nitrogens with one attached hydrogen (secondary N) is 1. The van der Waals surface area contributed by atoms with Gasteiger partial charge in [0.15, 0.2) is 5.78 Å². The Hall–Kier alpha value is -2.10. The van der Waals surface area contributed by atoms with Gasteiger partial charge in [0.1, 0.15) is 0 Å². The quantitative estimate of drug-likeness (QED) is 0.667. The highest BCUT2D eigenvalue weighted by Gasteiger charge is 2.17. The SMILES string of the molecule is CCOC(=O)c1ccccc1N/C=C1/CCCC1=O. The summed E-state index contributed by atoms with van der Waals surface area (Å²) >= 11 is 0. The van der Waals surface area contributed by atoms with Crippen molar-refractivity contribution in [3.63, 3.8) is 0 Å². The molecule has 0 unspecified atom stereocenters. The number of ether oxygens (including phenoxy) is 1. The van der Waals surface area contributed by atoms with Crippen molar-refractivity contribution >= 4 is 17.4 Å². The molecule has 1 aliphatic rings. The summed E-state index contributed by atoms with van der Waals surface area (Å²) in [4.78, 5) is 23.3. The number of carbonyl (C=O) groups is 2. The molecule has 1 aromatic rings. The number of allylic oxidation sites excluding steroid dienone is 1. The smallest absolute Gasteiger partial charge is 0.340 e. The Morgan fingerprint density at radius 3 is 2.84 bits per heavy atom. The topological polar surface area (TPSA) is 55.4 Å². The largest absolute Gasteiger partial charge is 0.462 e. The van der Waals surface area contributed by atoms with Gasteiger partial charge in [-0.15, -0.1) is 0 Å². The highest BCUT2D eigenvalue weighted by atomic mass is 16.5. The van der Waals surface area contributed by atoms with Crippen LogP contribution in [0.2, 0.25) is 0 Å². The summed E-state index contributed by atoms with van der Waals surface area (Å²) in [6.07, 6.45) is 4.03. The number of benzene rings is 1. The summed E-state index contributed by atoms with van der Waals surface area (Å²) < 4.78 is 4.99. The van der Waals surface area contributed by atoms with Gasteiger partial charge < -0.3 is 10.1 Å². The molecule has 100 valence electrons. The lowest BCUT2D eigenvalue weighted by atomic mass is 10.1. The van der Waals surface area contributed by atoms with E-state index in [1.54, 1.807) is 31.3 Å². The van der Waals surface area contributed by atoms with Gasteiger partial charge >= 0.3 is 5.97 Å². The number of para-hydroxylation sites is 1. The molecule has 0 spiro atoms. The molecule has 0 radical (unpaired) electrons. The molecule has 1 aromatic carbocycles. The first-order chi connectivity index (χ1) is 9.22. The van der Waals surface area contributed by atoms with Crippen LogP contribution in [0.15, 0.2) is 36.0 Å². The highest BCUT2D eigenvalue weighted by Crippen LogP contribution is 2.22. The fourth-order valence-electron chi connectivity index (χ4n) is 2.05. The number of hydrogen-bond acceptors (Lipinski definition) is 4. The lowest BCUT2D eigenvalue weighted by Crippen LogP contribution is -2.08. The van der Waals surface area contributed by atoms with E-state index in [2.05, 4.69) is 5.32 Å². The fraction of sp³-hybridized carbons (Fsp3) is 0.333. The first-order valence-electron chi connectivity index (χ1n) is 6.47. The van der Waals surface area contributed by atoms with E-state index in [0.29, 0.717) is 24.3 Å². The second-order valence-electron chi connectivity index (χ2n) is 4.36. The van der Waals surface area contributed by atoms with E-state index in [-0.39, 0.29) is 11.8 Å². The second kappa shape index (κ2) is 6.18. The number of ketones is 1. The first kappa shape index (κ1) is 13.3. The summed E-state index contributed by atoms with van der Waals surface area (Å²) in [5.41, 5.74) is 1.93. The van der Waals surface area contributed by atoms with Gasteiger partial charge in [0, 0.05) is 18.2 Å². The van der Waals surface area contributed by atoms with Crippen molar-refractivity contribution in [3.8, 4) is 0 Å². The average molecular weight is 259 g/mol. The predicted molar refractivity (Wildman–Crippen MR) is 73.0 cm³/mol. The normalized spacial score (nSPS) is 16.7. The summed E-state index contributed by atoms with van der Waals surface area (Å²) in [6.45, 7) is 2.11. The third-order valence-corrected chi connectivity index (χ3v) is 3.03. The second-order valence-corrected chi connectivity index (χ2v) is 4.36. The number of esters is 1. The number of hydrogen-bond donors (Lipinski definition) is 1. The van der Waals surface area contributed by atoms with E-state index in [1.807, 2.05) is 6.07 Å². The highest BCUT2D eigenvalue weighted by molar-refractivity contribution is 5.98. The Bertz CT molecular complexity index is 520. The summed E-state index contributed by atoms with van der Waals surface area (Å²) in [5, 5.41) is 3.04. The van der Waals surface area contributed by atoms with E-state index in [9.17, 15) is 9.59 Å². The van der Waals surface area contributed by atoms with Gasteiger partial charge in [-0.3, -0.25) is 4.79 Å². The molecule has 1 aliphatic carbocycles. The number of Topliss-reactive ketones (excluding diaryl/α,β-unsaturated/α-hetero) is 1. The third kappa shape index (κ3) is 3.22. The maximum absolute atomic E-state index is 11.8. The van der Waals surface area contributed by atoms with Gasteiger partial charge in [0.25, 0.3) is 0 Å². The molecule has 0 heterocycles. The van der Waals surface area contributed by atoms with Gasteiger partial charge in [-0.05, 0) is 31.9 Å². The monoisotopic (exact) mass is 259 g/mol. The molecule has 0 amide bonds.